The van der Waals surface area contributed by atoms with Gasteiger partial charge in [0.25, 0.3) is 0 Å². The van der Waals surface area contributed by atoms with Crippen LogP contribution in [0.1, 0.15) is 45.3 Å². The molecule has 1 unspecified atom stereocenters. The van der Waals surface area contributed by atoms with Gasteiger partial charge in [-0.1, -0.05) is 20.8 Å². The lowest BCUT2D eigenvalue weighted by molar-refractivity contribution is 0.346. The number of aromatic nitrogens is 2. The number of ether oxygens (including phenoxy) is 1. The molecule has 0 fully saturated rings. The largest absolute Gasteiger partial charge is 0.480 e. The molecule has 0 saturated carbocycles. The molecule has 1 atom stereocenters. The van der Waals surface area contributed by atoms with E-state index in [-0.39, 0.29) is 6.04 Å². The molecule has 0 aromatic carbocycles. The van der Waals surface area contributed by atoms with Gasteiger partial charge in [-0.25, -0.2) is 0 Å². The predicted molar refractivity (Wildman–Crippen MR) is 64.2 cm³/mol. The van der Waals surface area contributed by atoms with Gasteiger partial charge in [-0.2, -0.15) is 5.10 Å². The van der Waals surface area contributed by atoms with Gasteiger partial charge in [-0.05, 0) is 24.3 Å². The van der Waals surface area contributed by atoms with E-state index in [4.69, 9.17) is 10.5 Å². The van der Waals surface area contributed by atoms with Crippen LogP contribution in [0.3, 0.4) is 0 Å². The van der Waals surface area contributed by atoms with Crippen molar-refractivity contribution >= 4 is 0 Å². The summed E-state index contributed by atoms with van der Waals surface area (Å²) in [4.78, 5) is 0. The normalized spacial score (nSPS) is 13.6. The van der Waals surface area contributed by atoms with Crippen LogP contribution >= 0.6 is 0 Å². The molecule has 16 heavy (non-hydrogen) atoms. The molecule has 2 N–H and O–H groups in total. The minimum absolute atomic E-state index is 0.0439. The fraction of sp³-hybridized carbons (Fsp3) is 0.667. The van der Waals surface area contributed by atoms with Crippen LogP contribution in [0.15, 0.2) is 12.1 Å². The fourth-order valence-electron chi connectivity index (χ4n) is 1.37. The number of hydrogen-bond acceptors (Lipinski definition) is 4. The van der Waals surface area contributed by atoms with Crippen LogP contribution in [0.4, 0.5) is 0 Å². The minimum Gasteiger partial charge on any atom is -0.480 e. The number of nitrogens with zero attached hydrogens (tertiary/aromatic N) is 2. The number of rotatable bonds is 4. The summed E-state index contributed by atoms with van der Waals surface area (Å²) < 4.78 is 4.95. The second kappa shape index (κ2) is 5.25. The summed E-state index contributed by atoms with van der Waals surface area (Å²) in [5.41, 5.74) is 7.18. The molecule has 0 bridgehead atoms. The van der Waals surface area contributed by atoms with E-state index < -0.39 is 0 Å². The van der Waals surface area contributed by atoms with Crippen LogP contribution in [0, 0.1) is 5.41 Å². The third-order valence-corrected chi connectivity index (χ3v) is 2.46. The molecular formula is C12H21N3O. The molecule has 0 radical (unpaired) electrons. The molecule has 0 aliphatic heterocycles. The summed E-state index contributed by atoms with van der Waals surface area (Å²) in [5, 5.41) is 7.96. The average Bonchev–Trinajstić information content (AvgIpc) is 2.25. The summed E-state index contributed by atoms with van der Waals surface area (Å²) in [7, 11) is 1.57. The van der Waals surface area contributed by atoms with Gasteiger partial charge in [0.05, 0.1) is 12.8 Å². The van der Waals surface area contributed by atoms with Crippen molar-refractivity contribution in [3.63, 3.8) is 0 Å². The van der Waals surface area contributed by atoms with E-state index in [0.717, 1.165) is 18.5 Å². The molecule has 0 aliphatic rings. The summed E-state index contributed by atoms with van der Waals surface area (Å²) in [6.45, 7) is 6.62. The standard InChI is InChI=1S/C12H21N3O/c1-12(2,3)8-7-9(13)10-5-6-11(16-4)15-14-10/h5-6,9H,7-8,13H2,1-4H3. The molecule has 1 rings (SSSR count). The number of nitrogens with two attached hydrogens (primary N) is 1. The zero-order valence-electron chi connectivity index (χ0n) is 10.5. The minimum atomic E-state index is -0.0439. The molecule has 0 spiro atoms. The van der Waals surface area contributed by atoms with Crippen LogP contribution in [0.5, 0.6) is 5.88 Å². The SMILES string of the molecule is COc1ccc(C(N)CCC(C)(C)C)nn1. The smallest absolute Gasteiger partial charge is 0.233 e. The first kappa shape index (κ1) is 12.9. The molecule has 1 aromatic heterocycles. The number of hydrogen-bond donors (Lipinski definition) is 1. The Labute approximate surface area is 97.2 Å². The average molecular weight is 223 g/mol. The summed E-state index contributed by atoms with van der Waals surface area (Å²) in [6.07, 6.45) is 1.99. The maximum absolute atomic E-state index is 6.05. The molecule has 4 nitrogen and oxygen atoms in total. The Morgan fingerprint density at radius 2 is 2.00 bits per heavy atom. The maximum atomic E-state index is 6.05. The van der Waals surface area contributed by atoms with E-state index in [1.54, 1.807) is 13.2 Å². The zero-order valence-corrected chi connectivity index (χ0v) is 10.5. The third-order valence-electron chi connectivity index (χ3n) is 2.46. The van der Waals surface area contributed by atoms with E-state index in [1.807, 2.05) is 6.07 Å². The third kappa shape index (κ3) is 4.14. The highest BCUT2D eigenvalue weighted by Gasteiger charge is 2.15. The Kier molecular flexibility index (Phi) is 4.24. The van der Waals surface area contributed by atoms with Crippen LogP contribution in [0.2, 0.25) is 0 Å². The second-order valence-electron chi connectivity index (χ2n) is 5.21. The van der Waals surface area contributed by atoms with E-state index >= 15 is 0 Å². The van der Waals surface area contributed by atoms with Crippen molar-refractivity contribution in [2.24, 2.45) is 11.1 Å². The van der Waals surface area contributed by atoms with Gasteiger partial charge < -0.3 is 10.5 Å². The van der Waals surface area contributed by atoms with Crippen molar-refractivity contribution in [1.29, 1.82) is 0 Å². The molecule has 0 amide bonds. The Morgan fingerprint density at radius 3 is 2.44 bits per heavy atom. The lowest BCUT2D eigenvalue weighted by atomic mass is 9.88. The van der Waals surface area contributed by atoms with E-state index in [1.165, 1.54) is 0 Å². The zero-order chi connectivity index (χ0) is 12.2. The summed E-state index contributed by atoms with van der Waals surface area (Å²) in [5.74, 6) is 0.520. The first-order chi connectivity index (χ1) is 7.42. The van der Waals surface area contributed by atoms with Crippen molar-refractivity contribution in [3.8, 4) is 5.88 Å². The van der Waals surface area contributed by atoms with Crippen molar-refractivity contribution in [3.05, 3.63) is 17.8 Å². The second-order valence-corrected chi connectivity index (χ2v) is 5.21. The highest BCUT2D eigenvalue weighted by molar-refractivity contribution is 5.13. The fourth-order valence-corrected chi connectivity index (χ4v) is 1.37. The highest BCUT2D eigenvalue weighted by Crippen LogP contribution is 2.25. The Balaban J connectivity index is 2.56. The predicted octanol–water partition coefficient (Wildman–Crippen LogP) is 2.31. The molecule has 0 saturated heterocycles. The first-order valence-electron chi connectivity index (χ1n) is 5.55. The molecule has 0 aliphatic carbocycles. The molecule has 90 valence electrons. The van der Waals surface area contributed by atoms with Crippen LogP contribution in [-0.2, 0) is 0 Å². The Morgan fingerprint density at radius 1 is 1.31 bits per heavy atom. The monoisotopic (exact) mass is 223 g/mol. The number of methoxy groups -OCH3 is 1. The lowest BCUT2D eigenvalue weighted by Crippen LogP contribution is -2.16. The van der Waals surface area contributed by atoms with Crippen LogP contribution in [0.25, 0.3) is 0 Å². The van der Waals surface area contributed by atoms with E-state index in [9.17, 15) is 0 Å². The summed E-state index contributed by atoms with van der Waals surface area (Å²) in [6, 6.07) is 3.62. The molecule has 4 heteroatoms. The van der Waals surface area contributed by atoms with Crippen molar-refractivity contribution in [2.45, 2.75) is 39.7 Å². The molecule has 1 heterocycles. The van der Waals surface area contributed by atoms with Crippen molar-refractivity contribution in [1.82, 2.24) is 10.2 Å². The van der Waals surface area contributed by atoms with Gasteiger partial charge in [0.15, 0.2) is 0 Å². The highest BCUT2D eigenvalue weighted by atomic mass is 16.5. The quantitative estimate of drug-likeness (QED) is 0.851. The van der Waals surface area contributed by atoms with Gasteiger partial charge >= 0.3 is 0 Å². The van der Waals surface area contributed by atoms with Gasteiger partial charge in [0.1, 0.15) is 0 Å². The van der Waals surface area contributed by atoms with Gasteiger partial charge in [-0.15, -0.1) is 5.10 Å². The van der Waals surface area contributed by atoms with Crippen LogP contribution in [-0.4, -0.2) is 17.3 Å². The first-order valence-corrected chi connectivity index (χ1v) is 5.55. The van der Waals surface area contributed by atoms with Crippen molar-refractivity contribution < 1.29 is 4.74 Å². The van der Waals surface area contributed by atoms with Gasteiger partial charge in [-0.3, -0.25) is 0 Å². The van der Waals surface area contributed by atoms with E-state index in [2.05, 4.69) is 31.0 Å². The van der Waals surface area contributed by atoms with E-state index in [0.29, 0.717) is 11.3 Å². The topological polar surface area (TPSA) is 61.0 Å². The maximum Gasteiger partial charge on any atom is 0.233 e. The Bertz CT molecular complexity index is 316. The van der Waals surface area contributed by atoms with Gasteiger partial charge in [0.2, 0.25) is 5.88 Å². The van der Waals surface area contributed by atoms with Crippen LogP contribution < -0.4 is 10.5 Å². The molecule has 1 aromatic rings. The Hall–Kier alpha value is -1.16. The summed E-state index contributed by atoms with van der Waals surface area (Å²) >= 11 is 0. The molecular weight excluding hydrogens is 202 g/mol. The van der Waals surface area contributed by atoms with Crippen molar-refractivity contribution in [2.75, 3.05) is 7.11 Å². The lowest BCUT2D eigenvalue weighted by Gasteiger charge is -2.20. The van der Waals surface area contributed by atoms with Gasteiger partial charge in [0, 0.05) is 12.1 Å².